The van der Waals surface area contributed by atoms with Crippen molar-refractivity contribution in [3.8, 4) is 0 Å². The molecule has 0 bridgehead atoms. The van der Waals surface area contributed by atoms with Gasteiger partial charge in [-0.3, -0.25) is 0 Å². The predicted octanol–water partition coefficient (Wildman–Crippen LogP) is 4.77. The smallest absolute Gasteiger partial charge is 0.0143 e. The summed E-state index contributed by atoms with van der Waals surface area (Å²) in [5.74, 6) is 2.05. The summed E-state index contributed by atoms with van der Waals surface area (Å²) in [6, 6.07) is 0. The molecule has 0 radical (unpaired) electrons. The van der Waals surface area contributed by atoms with Gasteiger partial charge in [-0.05, 0) is 31.1 Å². The largest absolute Gasteiger partial charge is 0.0891 e. The zero-order chi connectivity index (χ0) is 9.68. The van der Waals surface area contributed by atoms with Crippen molar-refractivity contribution in [3.63, 3.8) is 0 Å². The molecule has 0 aromatic rings. The van der Waals surface area contributed by atoms with Gasteiger partial charge in [0.25, 0.3) is 0 Å². The van der Waals surface area contributed by atoms with E-state index in [-0.39, 0.29) is 0 Å². The van der Waals surface area contributed by atoms with Crippen LogP contribution in [-0.4, -0.2) is 4.83 Å². The van der Waals surface area contributed by atoms with Crippen LogP contribution in [0, 0.1) is 11.8 Å². The SMILES string of the molecule is CCC(Br)CCC1CCC(C)CC1. The standard InChI is InChI=1S/C12H23Br/c1-3-12(13)9-8-11-6-4-10(2)5-7-11/h10-12H,3-9H2,1-2H3. The number of hydrogen-bond donors (Lipinski definition) is 0. The second-order valence-electron chi connectivity index (χ2n) is 4.71. The van der Waals surface area contributed by atoms with Crippen LogP contribution in [-0.2, 0) is 0 Å². The Balaban J connectivity index is 2.08. The number of hydrogen-bond acceptors (Lipinski definition) is 0. The highest BCUT2D eigenvalue weighted by Gasteiger charge is 2.18. The molecule has 0 N–H and O–H groups in total. The average molecular weight is 247 g/mol. The van der Waals surface area contributed by atoms with Crippen molar-refractivity contribution in [2.75, 3.05) is 0 Å². The second-order valence-corrected chi connectivity index (χ2v) is 6.00. The van der Waals surface area contributed by atoms with Crippen LogP contribution in [0.5, 0.6) is 0 Å². The third kappa shape index (κ3) is 4.49. The van der Waals surface area contributed by atoms with Crippen molar-refractivity contribution in [3.05, 3.63) is 0 Å². The lowest BCUT2D eigenvalue weighted by molar-refractivity contribution is 0.273. The molecule has 0 saturated heterocycles. The molecule has 0 aliphatic heterocycles. The maximum atomic E-state index is 3.72. The Bertz CT molecular complexity index is 125. The van der Waals surface area contributed by atoms with Gasteiger partial charge in [-0.2, -0.15) is 0 Å². The Hall–Kier alpha value is 0.480. The third-order valence-electron chi connectivity index (χ3n) is 3.47. The average Bonchev–Trinajstić information content (AvgIpc) is 2.16. The van der Waals surface area contributed by atoms with Gasteiger partial charge in [0.15, 0.2) is 0 Å². The van der Waals surface area contributed by atoms with Crippen molar-refractivity contribution >= 4 is 15.9 Å². The topological polar surface area (TPSA) is 0 Å². The Morgan fingerprint density at radius 2 is 1.85 bits per heavy atom. The van der Waals surface area contributed by atoms with Crippen molar-refractivity contribution < 1.29 is 0 Å². The van der Waals surface area contributed by atoms with Gasteiger partial charge in [0.1, 0.15) is 0 Å². The number of alkyl halides is 1. The fraction of sp³-hybridized carbons (Fsp3) is 1.00. The predicted molar refractivity (Wildman–Crippen MR) is 63.4 cm³/mol. The Morgan fingerprint density at radius 1 is 1.23 bits per heavy atom. The lowest BCUT2D eigenvalue weighted by Crippen LogP contribution is -2.13. The van der Waals surface area contributed by atoms with Crippen LogP contribution < -0.4 is 0 Å². The Labute approximate surface area is 91.6 Å². The lowest BCUT2D eigenvalue weighted by atomic mass is 9.80. The first-order valence-electron chi connectivity index (χ1n) is 5.86. The van der Waals surface area contributed by atoms with Gasteiger partial charge >= 0.3 is 0 Å². The van der Waals surface area contributed by atoms with E-state index in [9.17, 15) is 0 Å². The molecule has 1 atom stereocenters. The molecule has 1 saturated carbocycles. The molecule has 1 heteroatoms. The van der Waals surface area contributed by atoms with E-state index in [0.29, 0.717) is 0 Å². The van der Waals surface area contributed by atoms with Crippen LogP contribution >= 0.6 is 15.9 Å². The second kappa shape index (κ2) is 6.06. The first-order valence-corrected chi connectivity index (χ1v) is 6.78. The highest BCUT2D eigenvalue weighted by atomic mass is 79.9. The summed E-state index contributed by atoms with van der Waals surface area (Å²) in [7, 11) is 0. The molecule has 0 aromatic carbocycles. The van der Waals surface area contributed by atoms with Gasteiger partial charge < -0.3 is 0 Å². The van der Waals surface area contributed by atoms with Crippen LogP contribution in [0.2, 0.25) is 0 Å². The molecule has 0 amide bonds. The van der Waals surface area contributed by atoms with Crippen LogP contribution in [0.1, 0.15) is 58.8 Å². The molecule has 0 nitrogen and oxygen atoms in total. The van der Waals surface area contributed by atoms with E-state index in [4.69, 9.17) is 0 Å². The minimum Gasteiger partial charge on any atom is -0.0891 e. The van der Waals surface area contributed by atoms with Gasteiger partial charge in [0.2, 0.25) is 0 Å². The van der Waals surface area contributed by atoms with Gasteiger partial charge in [-0.25, -0.2) is 0 Å². The highest BCUT2D eigenvalue weighted by molar-refractivity contribution is 9.09. The molecule has 1 unspecified atom stereocenters. The van der Waals surface area contributed by atoms with Gasteiger partial charge in [0, 0.05) is 4.83 Å². The molecule has 0 heterocycles. The van der Waals surface area contributed by atoms with Crippen molar-refractivity contribution in [1.82, 2.24) is 0 Å². The van der Waals surface area contributed by atoms with Crippen molar-refractivity contribution in [2.45, 2.75) is 63.6 Å². The van der Waals surface area contributed by atoms with E-state index in [1.165, 1.54) is 44.9 Å². The molecule has 1 fully saturated rings. The van der Waals surface area contributed by atoms with E-state index in [0.717, 1.165) is 16.7 Å². The molecular weight excluding hydrogens is 224 g/mol. The summed E-state index contributed by atoms with van der Waals surface area (Å²) in [4.78, 5) is 0.770. The fourth-order valence-electron chi connectivity index (χ4n) is 2.24. The molecule has 1 aliphatic rings. The maximum absolute atomic E-state index is 3.72. The van der Waals surface area contributed by atoms with E-state index in [1.807, 2.05) is 0 Å². The van der Waals surface area contributed by atoms with Crippen molar-refractivity contribution in [2.24, 2.45) is 11.8 Å². The fourth-order valence-corrected chi connectivity index (χ4v) is 2.50. The molecule has 0 spiro atoms. The summed E-state index contributed by atoms with van der Waals surface area (Å²) in [6.45, 7) is 4.66. The monoisotopic (exact) mass is 246 g/mol. The summed E-state index contributed by atoms with van der Waals surface area (Å²) >= 11 is 3.72. The Kier molecular flexibility index (Phi) is 5.38. The normalized spacial score (nSPS) is 31.6. The van der Waals surface area contributed by atoms with Gasteiger partial charge in [0.05, 0.1) is 0 Å². The summed E-state index contributed by atoms with van der Waals surface area (Å²) in [5.41, 5.74) is 0. The van der Waals surface area contributed by atoms with E-state index >= 15 is 0 Å². The Morgan fingerprint density at radius 3 is 2.38 bits per heavy atom. The zero-order valence-corrected chi connectivity index (χ0v) is 10.6. The minimum absolute atomic E-state index is 0.770. The van der Waals surface area contributed by atoms with Crippen LogP contribution in [0.25, 0.3) is 0 Å². The van der Waals surface area contributed by atoms with Crippen molar-refractivity contribution in [1.29, 1.82) is 0 Å². The summed E-state index contributed by atoms with van der Waals surface area (Å²) in [5, 5.41) is 0. The van der Waals surface area contributed by atoms with Crippen LogP contribution in [0.4, 0.5) is 0 Å². The summed E-state index contributed by atoms with van der Waals surface area (Å²) < 4.78 is 0. The van der Waals surface area contributed by atoms with Gasteiger partial charge in [-0.1, -0.05) is 55.5 Å². The van der Waals surface area contributed by atoms with E-state index in [1.54, 1.807) is 0 Å². The van der Waals surface area contributed by atoms with Gasteiger partial charge in [-0.15, -0.1) is 0 Å². The third-order valence-corrected chi connectivity index (χ3v) is 4.57. The minimum atomic E-state index is 0.770. The molecule has 0 aromatic heterocycles. The quantitative estimate of drug-likeness (QED) is 0.628. The molecule has 1 rings (SSSR count). The van der Waals surface area contributed by atoms with Crippen LogP contribution in [0.3, 0.4) is 0 Å². The molecule has 78 valence electrons. The zero-order valence-electron chi connectivity index (χ0n) is 9.06. The molecule has 1 aliphatic carbocycles. The molecule has 13 heavy (non-hydrogen) atoms. The number of halogens is 1. The maximum Gasteiger partial charge on any atom is 0.0143 e. The first-order chi connectivity index (χ1) is 6.22. The lowest BCUT2D eigenvalue weighted by Gasteiger charge is -2.26. The highest BCUT2D eigenvalue weighted by Crippen LogP contribution is 2.32. The molecular formula is C12H23Br. The van der Waals surface area contributed by atoms with E-state index < -0.39 is 0 Å². The van der Waals surface area contributed by atoms with Crippen LogP contribution in [0.15, 0.2) is 0 Å². The number of rotatable bonds is 4. The first kappa shape index (κ1) is 11.6. The summed E-state index contributed by atoms with van der Waals surface area (Å²) in [6.07, 6.45) is 10.1. The van der Waals surface area contributed by atoms with E-state index in [2.05, 4.69) is 29.8 Å².